The first-order valence-corrected chi connectivity index (χ1v) is 6.24. The Labute approximate surface area is 116 Å². The van der Waals surface area contributed by atoms with Crippen molar-refractivity contribution in [3.63, 3.8) is 0 Å². The van der Waals surface area contributed by atoms with Crippen molar-refractivity contribution in [2.24, 2.45) is 0 Å². The topological polar surface area (TPSA) is 93.0 Å². The Hall–Kier alpha value is -2.24. The van der Waals surface area contributed by atoms with Crippen LogP contribution < -0.4 is 5.32 Å². The minimum absolute atomic E-state index is 0.000459. The van der Waals surface area contributed by atoms with Gasteiger partial charge in [0.25, 0.3) is 0 Å². The summed E-state index contributed by atoms with van der Waals surface area (Å²) in [5.74, 6) is -1.17. The van der Waals surface area contributed by atoms with Gasteiger partial charge in [0.05, 0.1) is 6.61 Å². The van der Waals surface area contributed by atoms with Gasteiger partial charge in [0.2, 0.25) is 5.75 Å². The lowest BCUT2D eigenvalue weighted by molar-refractivity contribution is 0.281. The van der Waals surface area contributed by atoms with Gasteiger partial charge in [-0.3, -0.25) is 0 Å². The Bertz CT molecular complexity index is 598. The number of benzene rings is 2. The van der Waals surface area contributed by atoms with Crippen LogP contribution in [0.4, 0.5) is 0 Å². The fourth-order valence-electron chi connectivity index (χ4n) is 1.93. The molecule has 0 fully saturated rings. The predicted molar refractivity (Wildman–Crippen MR) is 74.3 cm³/mol. The van der Waals surface area contributed by atoms with Crippen molar-refractivity contribution in [1.29, 1.82) is 0 Å². The molecule has 0 aromatic heterocycles. The maximum absolute atomic E-state index is 9.67. The smallest absolute Gasteiger partial charge is 0.200 e. The van der Waals surface area contributed by atoms with E-state index in [9.17, 15) is 15.3 Å². The van der Waals surface area contributed by atoms with Crippen molar-refractivity contribution < 1.29 is 20.4 Å². The average molecular weight is 275 g/mol. The van der Waals surface area contributed by atoms with Crippen LogP contribution in [-0.2, 0) is 19.7 Å². The molecule has 20 heavy (non-hydrogen) atoms. The molecule has 0 aliphatic rings. The number of hydrogen-bond donors (Lipinski definition) is 5. The number of nitrogens with one attached hydrogen (secondary N) is 1. The summed E-state index contributed by atoms with van der Waals surface area (Å²) in [7, 11) is 0. The van der Waals surface area contributed by atoms with Crippen LogP contribution in [0.3, 0.4) is 0 Å². The van der Waals surface area contributed by atoms with E-state index >= 15 is 0 Å². The quantitative estimate of drug-likeness (QED) is 0.534. The van der Waals surface area contributed by atoms with Crippen LogP contribution in [0.1, 0.15) is 16.7 Å². The second-order valence-electron chi connectivity index (χ2n) is 4.52. The van der Waals surface area contributed by atoms with Gasteiger partial charge in [-0.15, -0.1) is 0 Å². The lowest BCUT2D eigenvalue weighted by Crippen LogP contribution is -2.13. The van der Waals surface area contributed by atoms with Crippen LogP contribution in [0.2, 0.25) is 0 Å². The lowest BCUT2D eigenvalue weighted by atomic mass is 10.1. The third-order valence-electron chi connectivity index (χ3n) is 3.03. The molecule has 5 heteroatoms. The van der Waals surface area contributed by atoms with Gasteiger partial charge < -0.3 is 25.7 Å². The molecule has 0 aliphatic carbocycles. The van der Waals surface area contributed by atoms with E-state index in [-0.39, 0.29) is 18.1 Å². The van der Waals surface area contributed by atoms with Gasteiger partial charge in [-0.2, -0.15) is 0 Å². The number of aliphatic hydroxyl groups is 1. The lowest BCUT2D eigenvalue weighted by Gasteiger charge is -2.09. The third-order valence-corrected chi connectivity index (χ3v) is 3.03. The normalized spacial score (nSPS) is 10.7. The Kier molecular flexibility index (Phi) is 4.45. The van der Waals surface area contributed by atoms with Crippen LogP contribution in [-0.4, -0.2) is 20.4 Å². The molecule has 0 bridgehead atoms. The van der Waals surface area contributed by atoms with Gasteiger partial charge in [-0.1, -0.05) is 30.3 Å². The predicted octanol–water partition coefficient (Wildman–Crippen LogP) is 1.59. The highest BCUT2D eigenvalue weighted by Crippen LogP contribution is 2.36. The summed E-state index contributed by atoms with van der Waals surface area (Å²) in [6, 6.07) is 10.4. The summed E-state index contributed by atoms with van der Waals surface area (Å²) in [6.07, 6.45) is 0. The van der Waals surface area contributed by atoms with E-state index in [4.69, 9.17) is 5.11 Å². The van der Waals surface area contributed by atoms with Gasteiger partial charge in [-0.05, 0) is 17.2 Å². The summed E-state index contributed by atoms with van der Waals surface area (Å²) in [5.41, 5.74) is 2.35. The molecule has 2 aromatic rings. The Morgan fingerprint density at radius 1 is 0.850 bits per heavy atom. The second-order valence-corrected chi connectivity index (χ2v) is 4.52. The molecule has 0 saturated carbocycles. The molecule has 0 unspecified atom stereocenters. The number of phenols is 3. The molecular formula is C15H17NO4. The first-order valence-electron chi connectivity index (χ1n) is 6.24. The van der Waals surface area contributed by atoms with Crippen LogP contribution in [0.25, 0.3) is 0 Å². The SMILES string of the molecule is OCc1cccc(CNCc2ccc(O)c(O)c2O)c1. The molecule has 0 aliphatic heterocycles. The number of rotatable bonds is 5. The number of hydrogen-bond acceptors (Lipinski definition) is 5. The van der Waals surface area contributed by atoms with Crippen LogP contribution >= 0.6 is 0 Å². The fraction of sp³-hybridized carbons (Fsp3) is 0.200. The number of aromatic hydroxyl groups is 3. The largest absolute Gasteiger partial charge is 0.504 e. The third kappa shape index (κ3) is 3.20. The molecule has 0 saturated heterocycles. The van der Waals surface area contributed by atoms with E-state index in [2.05, 4.69) is 5.32 Å². The molecule has 0 amide bonds. The molecule has 2 aromatic carbocycles. The Balaban J connectivity index is 1.97. The Morgan fingerprint density at radius 2 is 1.60 bits per heavy atom. The van der Waals surface area contributed by atoms with E-state index in [1.807, 2.05) is 24.3 Å². The maximum Gasteiger partial charge on any atom is 0.200 e. The molecular weight excluding hydrogens is 258 g/mol. The van der Waals surface area contributed by atoms with E-state index < -0.39 is 5.75 Å². The highest BCUT2D eigenvalue weighted by atomic mass is 16.3. The van der Waals surface area contributed by atoms with E-state index in [0.29, 0.717) is 18.7 Å². The van der Waals surface area contributed by atoms with Gasteiger partial charge >= 0.3 is 0 Å². The van der Waals surface area contributed by atoms with Gasteiger partial charge in [0, 0.05) is 18.7 Å². The highest BCUT2D eigenvalue weighted by molar-refractivity contribution is 5.53. The first-order chi connectivity index (χ1) is 9.61. The molecule has 0 heterocycles. The molecule has 0 atom stereocenters. The zero-order valence-electron chi connectivity index (χ0n) is 10.9. The highest BCUT2D eigenvalue weighted by Gasteiger charge is 2.10. The summed E-state index contributed by atoms with van der Waals surface area (Å²) in [5, 5.41) is 40.5. The van der Waals surface area contributed by atoms with Crippen molar-refractivity contribution in [1.82, 2.24) is 5.32 Å². The van der Waals surface area contributed by atoms with Gasteiger partial charge in [-0.25, -0.2) is 0 Å². The van der Waals surface area contributed by atoms with Crippen LogP contribution in [0.15, 0.2) is 36.4 Å². The van der Waals surface area contributed by atoms with Crippen molar-refractivity contribution >= 4 is 0 Å². The standard InChI is InChI=1S/C15H17NO4/c17-9-11-3-1-2-10(6-11)7-16-8-12-4-5-13(18)15(20)14(12)19/h1-6,16-20H,7-9H2. The molecule has 2 rings (SSSR count). The summed E-state index contributed by atoms with van der Waals surface area (Å²) in [4.78, 5) is 0. The minimum atomic E-state index is -0.508. The first kappa shape index (κ1) is 14.2. The minimum Gasteiger partial charge on any atom is -0.504 e. The van der Waals surface area contributed by atoms with E-state index in [1.54, 1.807) is 6.07 Å². The molecule has 5 nitrogen and oxygen atoms in total. The van der Waals surface area contributed by atoms with Crippen LogP contribution in [0, 0.1) is 0 Å². The van der Waals surface area contributed by atoms with Gasteiger partial charge in [0.15, 0.2) is 11.5 Å². The van der Waals surface area contributed by atoms with E-state index in [1.165, 1.54) is 6.07 Å². The molecule has 5 N–H and O–H groups in total. The van der Waals surface area contributed by atoms with E-state index in [0.717, 1.165) is 11.1 Å². The number of aliphatic hydroxyl groups excluding tert-OH is 1. The van der Waals surface area contributed by atoms with Crippen molar-refractivity contribution in [3.8, 4) is 17.2 Å². The number of phenolic OH excluding ortho intramolecular Hbond substituents is 3. The summed E-state index contributed by atoms with van der Waals surface area (Å²) >= 11 is 0. The summed E-state index contributed by atoms with van der Waals surface area (Å²) in [6.45, 7) is 0.915. The van der Waals surface area contributed by atoms with Crippen molar-refractivity contribution in [2.45, 2.75) is 19.7 Å². The molecule has 106 valence electrons. The maximum atomic E-state index is 9.67. The summed E-state index contributed by atoms with van der Waals surface area (Å²) < 4.78 is 0. The molecule has 0 spiro atoms. The molecule has 0 radical (unpaired) electrons. The Morgan fingerprint density at radius 3 is 2.35 bits per heavy atom. The average Bonchev–Trinajstić information content (AvgIpc) is 2.47. The zero-order chi connectivity index (χ0) is 14.5. The monoisotopic (exact) mass is 275 g/mol. The fourth-order valence-corrected chi connectivity index (χ4v) is 1.93. The van der Waals surface area contributed by atoms with Crippen molar-refractivity contribution in [3.05, 3.63) is 53.1 Å². The zero-order valence-corrected chi connectivity index (χ0v) is 10.9. The van der Waals surface area contributed by atoms with Gasteiger partial charge in [0.1, 0.15) is 0 Å². The van der Waals surface area contributed by atoms with Crippen molar-refractivity contribution in [2.75, 3.05) is 0 Å². The van der Waals surface area contributed by atoms with Crippen LogP contribution in [0.5, 0.6) is 17.2 Å². The second kappa shape index (κ2) is 6.27.